The van der Waals surface area contributed by atoms with Gasteiger partial charge in [-0.3, -0.25) is 4.79 Å². The van der Waals surface area contributed by atoms with Gasteiger partial charge < -0.3 is 10.1 Å². The van der Waals surface area contributed by atoms with Crippen molar-refractivity contribution in [2.75, 3.05) is 11.9 Å². The zero-order valence-corrected chi connectivity index (χ0v) is 6.41. The molecule has 0 atom stereocenters. The van der Waals surface area contributed by atoms with E-state index in [9.17, 15) is 4.79 Å². The Morgan fingerprint density at radius 1 is 1.58 bits per heavy atom. The molecule has 0 spiro atoms. The van der Waals surface area contributed by atoms with E-state index in [0.29, 0.717) is 24.6 Å². The topological polar surface area (TPSA) is 51.2 Å². The highest BCUT2D eigenvalue weighted by Gasteiger charge is 2.13. The minimum absolute atomic E-state index is 0.0487. The number of carbonyl (C=O) groups excluding carboxylic acids is 1. The molecule has 1 N–H and O–H groups in total. The van der Waals surface area contributed by atoms with Gasteiger partial charge in [0.05, 0.1) is 13.0 Å². The van der Waals surface area contributed by atoms with Crippen LogP contribution in [-0.2, 0) is 4.79 Å². The largest absolute Gasteiger partial charge is 0.489 e. The molecular formula is C8H8N2O2. The molecule has 12 heavy (non-hydrogen) atoms. The summed E-state index contributed by atoms with van der Waals surface area (Å²) in [7, 11) is 0. The zero-order valence-electron chi connectivity index (χ0n) is 6.41. The summed E-state index contributed by atoms with van der Waals surface area (Å²) in [5, 5.41) is 2.65. The number of ether oxygens (including phenoxy) is 1. The Hall–Kier alpha value is -1.58. The number of amides is 1. The number of hydrogen-bond donors (Lipinski definition) is 1. The van der Waals surface area contributed by atoms with Gasteiger partial charge in [0.1, 0.15) is 0 Å². The highest BCUT2D eigenvalue weighted by molar-refractivity contribution is 5.91. The third-order valence-electron chi connectivity index (χ3n) is 1.62. The smallest absolute Gasteiger partial charge is 0.229 e. The second-order valence-electron chi connectivity index (χ2n) is 2.50. The molecule has 0 aromatic carbocycles. The van der Waals surface area contributed by atoms with Gasteiger partial charge in [-0.05, 0) is 12.1 Å². The van der Waals surface area contributed by atoms with Gasteiger partial charge in [0.15, 0.2) is 11.6 Å². The van der Waals surface area contributed by atoms with Crippen LogP contribution in [0.4, 0.5) is 5.82 Å². The van der Waals surface area contributed by atoms with Crippen LogP contribution in [0.5, 0.6) is 5.75 Å². The van der Waals surface area contributed by atoms with Crippen molar-refractivity contribution in [3.05, 3.63) is 18.3 Å². The minimum Gasteiger partial charge on any atom is -0.489 e. The number of rotatable bonds is 0. The highest BCUT2D eigenvalue weighted by Crippen LogP contribution is 2.22. The third kappa shape index (κ3) is 1.23. The van der Waals surface area contributed by atoms with Crippen LogP contribution in [0, 0.1) is 0 Å². The predicted molar refractivity (Wildman–Crippen MR) is 43.0 cm³/mol. The van der Waals surface area contributed by atoms with Gasteiger partial charge in [-0.25, -0.2) is 4.98 Å². The second-order valence-corrected chi connectivity index (χ2v) is 2.50. The van der Waals surface area contributed by atoms with Crippen molar-refractivity contribution < 1.29 is 9.53 Å². The van der Waals surface area contributed by atoms with Crippen molar-refractivity contribution in [2.45, 2.75) is 6.42 Å². The number of aromatic nitrogens is 1. The van der Waals surface area contributed by atoms with Gasteiger partial charge in [-0.2, -0.15) is 0 Å². The van der Waals surface area contributed by atoms with Gasteiger partial charge in [0, 0.05) is 6.20 Å². The summed E-state index contributed by atoms with van der Waals surface area (Å²) in [4.78, 5) is 15.0. The van der Waals surface area contributed by atoms with Crippen molar-refractivity contribution >= 4 is 11.7 Å². The molecule has 62 valence electrons. The van der Waals surface area contributed by atoms with E-state index in [1.807, 2.05) is 0 Å². The minimum atomic E-state index is -0.0487. The maximum absolute atomic E-state index is 11.0. The molecule has 1 aliphatic heterocycles. The molecule has 0 saturated carbocycles. The van der Waals surface area contributed by atoms with Crippen LogP contribution < -0.4 is 10.1 Å². The molecule has 0 aliphatic carbocycles. The quantitative estimate of drug-likeness (QED) is 0.617. The average molecular weight is 164 g/mol. The van der Waals surface area contributed by atoms with E-state index in [0.717, 1.165) is 0 Å². The molecule has 4 heteroatoms. The molecule has 2 heterocycles. The van der Waals surface area contributed by atoms with Crippen molar-refractivity contribution in [1.82, 2.24) is 4.98 Å². The number of nitrogens with one attached hydrogen (secondary N) is 1. The Kier molecular flexibility index (Phi) is 1.66. The molecule has 0 saturated heterocycles. The molecule has 1 aliphatic rings. The van der Waals surface area contributed by atoms with Crippen LogP contribution in [0.3, 0.4) is 0 Å². The van der Waals surface area contributed by atoms with Crippen LogP contribution in [0.25, 0.3) is 0 Å². The zero-order chi connectivity index (χ0) is 8.39. The standard InChI is InChI=1S/C8H8N2O2/c11-7-3-5-12-6-2-1-4-9-8(6)10-7/h1-2,4H,3,5H2,(H,9,10,11). The Morgan fingerprint density at radius 2 is 2.50 bits per heavy atom. The first-order chi connectivity index (χ1) is 5.86. The number of carbonyl (C=O) groups is 1. The molecule has 1 amide bonds. The lowest BCUT2D eigenvalue weighted by atomic mass is 10.4. The summed E-state index contributed by atoms with van der Waals surface area (Å²) in [6, 6.07) is 3.56. The summed E-state index contributed by atoms with van der Waals surface area (Å²) in [5.74, 6) is 1.11. The fraction of sp³-hybridized carbons (Fsp3) is 0.250. The molecule has 4 nitrogen and oxygen atoms in total. The molecule has 1 aromatic rings. The number of nitrogens with zero attached hydrogens (tertiary/aromatic N) is 1. The lowest BCUT2D eigenvalue weighted by Gasteiger charge is -2.03. The summed E-state index contributed by atoms with van der Waals surface area (Å²) in [5.41, 5.74) is 0. The van der Waals surface area contributed by atoms with Gasteiger partial charge >= 0.3 is 0 Å². The SMILES string of the molecule is O=C1CCOc2cccnc2N1. The molecule has 0 fully saturated rings. The van der Waals surface area contributed by atoms with E-state index < -0.39 is 0 Å². The Bertz CT molecular complexity index is 312. The van der Waals surface area contributed by atoms with Crippen LogP contribution in [-0.4, -0.2) is 17.5 Å². The number of pyridine rings is 1. The fourth-order valence-corrected chi connectivity index (χ4v) is 1.05. The predicted octanol–water partition coefficient (Wildman–Crippen LogP) is 0.803. The Labute approximate surface area is 69.6 Å². The van der Waals surface area contributed by atoms with Crippen LogP contribution in [0.15, 0.2) is 18.3 Å². The van der Waals surface area contributed by atoms with Crippen molar-refractivity contribution in [1.29, 1.82) is 0 Å². The first kappa shape index (κ1) is 7.09. The van der Waals surface area contributed by atoms with Crippen LogP contribution in [0.1, 0.15) is 6.42 Å². The molecular weight excluding hydrogens is 156 g/mol. The summed E-state index contributed by atoms with van der Waals surface area (Å²) >= 11 is 0. The van der Waals surface area contributed by atoms with Crippen molar-refractivity contribution in [3.63, 3.8) is 0 Å². The highest BCUT2D eigenvalue weighted by atomic mass is 16.5. The molecule has 2 rings (SSSR count). The van der Waals surface area contributed by atoms with Gasteiger partial charge in [0.25, 0.3) is 0 Å². The first-order valence-electron chi connectivity index (χ1n) is 3.74. The van der Waals surface area contributed by atoms with Crippen LogP contribution >= 0.6 is 0 Å². The lowest BCUT2D eigenvalue weighted by Crippen LogP contribution is -2.11. The van der Waals surface area contributed by atoms with Crippen molar-refractivity contribution in [2.24, 2.45) is 0 Å². The molecule has 0 radical (unpaired) electrons. The second kappa shape index (κ2) is 2.81. The monoisotopic (exact) mass is 164 g/mol. The van der Waals surface area contributed by atoms with Gasteiger partial charge in [-0.15, -0.1) is 0 Å². The average Bonchev–Trinajstić information content (AvgIpc) is 2.25. The van der Waals surface area contributed by atoms with E-state index in [1.54, 1.807) is 18.3 Å². The summed E-state index contributed by atoms with van der Waals surface area (Å²) in [6.45, 7) is 0.421. The summed E-state index contributed by atoms with van der Waals surface area (Å²) in [6.07, 6.45) is 2.00. The number of hydrogen-bond acceptors (Lipinski definition) is 3. The number of fused-ring (bicyclic) bond motifs is 1. The van der Waals surface area contributed by atoms with Gasteiger partial charge in [-0.1, -0.05) is 0 Å². The normalized spacial score (nSPS) is 15.5. The molecule has 0 bridgehead atoms. The van der Waals surface area contributed by atoms with Gasteiger partial charge in [0.2, 0.25) is 5.91 Å². The molecule has 1 aromatic heterocycles. The molecule has 0 unspecified atom stereocenters. The first-order valence-corrected chi connectivity index (χ1v) is 3.74. The lowest BCUT2D eigenvalue weighted by molar-refractivity contribution is -0.116. The maximum atomic E-state index is 11.0. The van der Waals surface area contributed by atoms with E-state index in [2.05, 4.69) is 10.3 Å². The van der Waals surface area contributed by atoms with E-state index in [1.165, 1.54) is 0 Å². The maximum Gasteiger partial charge on any atom is 0.229 e. The van der Waals surface area contributed by atoms with E-state index in [-0.39, 0.29) is 5.91 Å². The summed E-state index contributed by atoms with van der Waals surface area (Å²) < 4.78 is 5.27. The Morgan fingerprint density at radius 3 is 3.42 bits per heavy atom. The number of anilines is 1. The fourth-order valence-electron chi connectivity index (χ4n) is 1.05. The van der Waals surface area contributed by atoms with Crippen LogP contribution in [0.2, 0.25) is 0 Å². The Balaban J connectivity index is 2.37. The van der Waals surface area contributed by atoms with E-state index >= 15 is 0 Å². The van der Waals surface area contributed by atoms with E-state index in [4.69, 9.17) is 4.74 Å². The van der Waals surface area contributed by atoms with Crippen molar-refractivity contribution in [3.8, 4) is 5.75 Å². The third-order valence-corrected chi connectivity index (χ3v) is 1.62.